The molecule has 0 aliphatic carbocycles. The summed E-state index contributed by atoms with van der Waals surface area (Å²) in [5.74, 6) is -0.235. The van der Waals surface area contributed by atoms with Crippen molar-refractivity contribution in [2.24, 2.45) is 5.73 Å². The Bertz CT molecular complexity index is 481. The molecule has 0 atom stereocenters. The summed E-state index contributed by atoms with van der Waals surface area (Å²) in [6, 6.07) is 2.81. The maximum atomic E-state index is 12.2. The van der Waals surface area contributed by atoms with Gasteiger partial charge in [0.25, 0.3) is 0 Å². The van der Waals surface area contributed by atoms with Gasteiger partial charge in [-0.3, -0.25) is 0 Å². The van der Waals surface area contributed by atoms with E-state index in [4.69, 9.17) is 10.5 Å². The molecule has 0 saturated carbocycles. The highest BCUT2D eigenvalue weighted by molar-refractivity contribution is 5.91. The van der Waals surface area contributed by atoms with Crippen molar-refractivity contribution >= 4 is 11.7 Å². The molecule has 118 valence electrons. The van der Waals surface area contributed by atoms with Crippen LogP contribution in [-0.2, 0) is 0 Å². The Balaban J connectivity index is 2.93. The second-order valence-electron chi connectivity index (χ2n) is 3.90. The summed E-state index contributed by atoms with van der Waals surface area (Å²) in [4.78, 5) is 11.3. The number of rotatable bonds is 6. The van der Waals surface area contributed by atoms with Crippen molar-refractivity contribution in [1.82, 2.24) is 5.32 Å². The van der Waals surface area contributed by atoms with Crippen LogP contribution in [0, 0.1) is 0 Å². The Morgan fingerprint density at radius 1 is 1.38 bits per heavy atom. The van der Waals surface area contributed by atoms with Crippen molar-refractivity contribution in [3.05, 3.63) is 18.2 Å². The number of anilines is 1. The first-order chi connectivity index (χ1) is 9.85. The van der Waals surface area contributed by atoms with Crippen molar-refractivity contribution < 1.29 is 27.4 Å². The van der Waals surface area contributed by atoms with Gasteiger partial charge in [-0.25, -0.2) is 4.79 Å². The summed E-state index contributed by atoms with van der Waals surface area (Å²) >= 11 is 0. The van der Waals surface area contributed by atoms with Gasteiger partial charge in [0.05, 0.1) is 12.3 Å². The largest absolute Gasteiger partial charge is 0.573 e. The van der Waals surface area contributed by atoms with E-state index >= 15 is 0 Å². The van der Waals surface area contributed by atoms with Crippen molar-refractivity contribution in [1.29, 1.82) is 0 Å². The Morgan fingerprint density at radius 2 is 2.10 bits per heavy atom. The first-order valence-electron chi connectivity index (χ1n) is 6.07. The van der Waals surface area contributed by atoms with E-state index in [-0.39, 0.29) is 18.0 Å². The minimum Gasteiger partial charge on any atom is -0.491 e. The average Bonchev–Trinajstić information content (AvgIpc) is 2.39. The molecule has 2 amide bonds. The smallest absolute Gasteiger partial charge is 0.491 e. The maximum absolute atomic E-state index is 12.2. The number of ether oxygens (including phenoxy) is 2. The fourth-order valence-corrected chi connectivity index (χ4v) is 1.38. The molecule has 1 aromatic carbocycles. The number of urea groups is 1. The zero-order valence-corrected chi connectivity index (χ0v) is 11.3. The molecule has 0 radical (unpaired) electrons. The Hall–Kier alpha value is -2.16. The van der Waals surface area contributed by atoms with Crippen LogP contribution in [0.3, 0.4) is 0 Å². The highest BCUT2D eigenvalue weighted by Crippen LogP contribution is 2.32. The second kappa shape index (κ2) is 7.58. The van der Waals surface area contributed by atoms with Crippen LogP contribution in [0.5, 0.6) is 11.5 Å². The SMILES string of the molecule is CNC(=O)Nc1cc(OC(F)(F)F)ccc1OCCCN. The van der Waals surface area contributed by atoms with E-state index in [2.05, 4.69) is 15.4 Å². The van der Waals surface area contributed by atoms with Crippen LogP contribution in [0.25, 0.3) is 0 Å². The van der Waals surface area contributed by atoms with Gasteiger partial charge in [-0.2, -0.15) is 0 Å². The summed E-state index contributed by atoms with van der Waals surface area (Å²) in [5.41, 5.74) is 5.38. The summed E-state index contributed by atoms with van der Waals surface area (Å²) in [7, 11) is 1.38. The van der Waals surface area contributed by atoms with Crippen molar-refractivity contribution in [2.75, 3.05) is 25.5 Å². The Labute approximate surface area is 119 Å². The van der Waals surface area contributed by atoms with Gasteiger partial charge in [0, 0.05) is 13.1 Å². The molecule has 0 heterocycles. The fraction of sp³-hybridized carbons (Fsp3) is 0.417. The van der Waals surface area contributed by atoms with Crippen LogP contribution in [0.15, 0.2) is 18.2 Å². The van der Waals surface area contributed by atoms with Gasteiger partial charge in [-0.1, -0.05) is 0 Å². The van der Waals surface area contributed by atoms with Gasteiger partial charge in [-0.15, -0.1) is 13.2 Å². The first-order valence-corrected chi connectivity index (χ1v) is 6.07. The topological polar surface area (TPSA) is 85.6 Å². The lowest BCUT2D eigenvalue weighted by Crippen LogP contribution is -2.25. The van der Waals surface area contributed by atoms with Crippen LogP contribution in [0.2, 0.25) is 0 Å². The number of nitrogens with two attached hydrogens (primary N) is 1. The number of carbonyl (C=O) groups is 1. The molecule has 0 aromatic heterocycles. The van der Waals surface area contributed by atoms with Crippen LogP contribution in [0.1, 0.15) is 6.42 Å². The normalized spacial score (nSPS) is 10.9. The molecule has 0 unspecified atom stereocenters. The molecule has 21 heavy (non-hydrogen) atoms. The number of hydrogen-bond acceptors (Lipinski definition) is 4. The van der Waals surface area contributed by atoms with Crippen LogP contribution < -0.4 is 25.8 Å². The number of amides is 2. The van der Waals surface area contributed by atoms with E-state index in [1.54, 1.807) is 0 Å². The van der Waals surface area contributed by atoms with Crippen LogP contribution in [0.4, 0.5) is 23.7 Å². The average molecular weight is 307 g/mol. The Kier molecular flexibility index (Phi) is 6.10. The molecule has 4 N–H and O–H groups in total. The van der Waals surface area contributed by atoms with Gasteiger partial charge >= 0.3 is 12.4 Å². The van der Waals surface area contributed by atoms with Crippen LogP contribution >= 0.6 is 0 Å². The quantitative estimate of drug-likeness (QED) is 0.702. The number of carbonyl (C=O) groups excluding carboxylic acids is 1. The fourth-order valence-electron chi connectivity index (χ4n) is 1.38. The number of hydrogen-bond donors (Lipinski definition) is 3. The summed E-state index contributed by atoms with van der Waals surface area (Å²) in [6.07, 6.45) is -4.24. The lowest BCUT2D eigenvalue weighted by molar-refractivity contribution is -0.274. The number of halogens is 3. The molecule has 9 heteroatoms. The maximum Gasteiger partial charge on any atom is 0.573 e. The summed E-state index contributed by atoms with van der Waals surface area (Å²) in [6.45, 7) is 0.686. The monoisotopic (exact) mass is 307 g/mol. The highest BCUT2D eigenvalue weighted by Gasteiger charge is 2.31. The van der Waals surface area contributed by atoms with E-state index in [0.29, 0.717) is 13.0 Å². The summed E-state index contributed by atoms with van der Waals surface area (Å²) in [5, 5.41) is 4.65. The minimum absolute atomic E-state index is 0.0631. The molecule has 0 aliphatic rings. The molecular formula is C12H16F3N3O3. The molecule has 0 aliphatic heterocycles. The van der Waals surface area contributed by atoms with Gasteiger partial charge < -0.3 is 25.8 Å². The zero-order valence-electron chi connectivity index (χ0n) is 11.3. The standard InChI is InChI=1S/C12H16F3N3O3/c1-17-11(19)18-9-7-8(21-12(13,14)15)3-4-10(9)20-6-2-5-16/h3-4,7H,2,5-6,16H2,1H3,(H2,17,18,19). The first kappa shape index (κ1) is 16.9. The van der Waals surface area contributed by atoms with Crippen LogP contribution in [-0.4, -0.2) is 32.6 Å². The van der Waals surface area contributed by atoms with Crippen molar-refractivity contribution in [3.63, 3.8) is 0 Å². The zero-order chi connectivity index (χ0) is 15.9. The molecule has 0 saturated heterocycles. The molecule has 0 fully saturated rings. The molecular weight excluding hydrogens is 291 g/mol. The number of nitrogens with one attached hydrogen (secondary N) is 2. The van der Waals surface area contributed by atoms with E-state index in [9.17, 15) is 18.0 Å². The van der Waals surface area contributed by atoms with E-state index in [1.807, 2.05) is 0 Å². The molecule has 1 rings (SSSR count). The predicted molar refractivity (Wildman–Crippen MR) is 70.4 cm³/mol. The van der Waals surface area contributed by atoms with E-state index in [0.717, 1.165) is 12.1 Å². The summed E-state index contributed by atoms with van der Waals surface area (Å²) < 4.78 is 45.7. The third-order valence-corrected chi connectivity index (χ3v) is 2.27. The number of benzene rings is 1. The third kappa shape index (κ3) is 6.21. The van der Waals surface area contributed by atoms with Crippen molar-refractivity contribution in [2.45, 2.75) is 12.8 Å². The molecule has 0 bridgehead atoms. The second-order valence-corrected chi connectivity index (χ2v) is 3.90. The van der Waals surface area contributed by atoms with Crippen molar-refractivity contribution in [3.8, 4) is 11.5 Å². The third-order valence-electron chi connectivity index (χ3n) is 2.27. The predicted octanol–water partition coefficient (Wildman–Crippen LogP) is 2.06. The van der Waals surface area contributed by atoms with E-state index < -0.39 is 18.1 Å². The number of alkyl halides is 3. The highest BCUT2D eigenvalue weighted by atomic mass is 19.4. The lowest BCUT2D eigenvalue weighted by Gasteiger charge is -2.15. The van der Waals surface area contributed by atoms with Gasteiger partial charge in [0.1, 0.15) is 11.5 Å². The van der Waals surface area contributed by atoms with Gasteiger partial charge in [-0.05, 0) is 25.1 Å². The molecule has 1 aromatic rings. The Morgan fingerprint density at radius 3 is 2.67 bits per heavy atom. The minimum atomic E-state index is -4.81. The van der Waals surface area contributed by atoms with Gasteiger partial charge in [0.15, 0.2) is 0 Å². The molecule has 6 nitrogen and oxygen atoms in total. The van der Waals surface area contributed by atoms with E-state index in [1.165, 1.54) is 13.1 Å². The van der Waals surface area contributed by atoms with Gasteiger partial charge in [0.2, 0.25) is 0 Å². The lowest BCUT2D eigenvalue weighted by atomic mass is 10.2. The molecule has 0 spiro atoms.